The van der Waals surface area contributed by atoms with Crippen molar-refractivity contribution < 1.29 is 48.0 Å². The van der Waals surface area contributed by atoms with Gasteiger partial charge in [0, 0.05) is 0 Å². The fourth-order valence-electron chi connectivity index (χ4n) is 3.68. The summed E-state index contributed by atoms with van der Waals surface area (Å²) in [6, 6.07) is 4.43. The maximum atomic E-state index is 12.3. The van der Waals surface area contributed by atoms with E-state index in [0.29, 0.717) is 24.8 Å². The van der Waals surface area contributed by atoms with Gasteiger partial charge in [-0.05, 0) is 0 Å². The average Bonchev–Trinajstić information content (AvgIpc) is 2.85. The van der Waals surface area contributed by atoms with E-state index in [0.717, 1.165) is 36.1 Å². The molecule has 0 aliphatic rings. The maximum absolute atomic E-state index is 12.3. The number of esters is 1. The number of carbonyl (C=O) groups excluding carboxylic acids is 3. The third-order valence-electron chi connectivity index (χ3n) is 5.87. The van der Waals surface area contributed by atoms with E-state index in [9.17, 15) is 24.3 Å². The van der Waals surface area contributed by atoms with E-state index < -0.39 is 28.6 Å². The van der Waals surface area contributed by atoms with E-state index in [2.05, 4.69) is 0 Å². The van der Waals surface area contributed by atoms with Gasteiger partial charge in [0.15, 0.2) is 0 Å². The summed E-state index contributed by atoms with van der Waals surface area (Å²) < 4.78 is 24.9. The quantitative estimate of drug-likeness (QED) is 0.0789. The van der Waals surface area contributed by atoms with Crippen LogP contribution in [0.15, 0.2) is 18.2 Å². The third kappa shape index (κ3) is 12.8. The van der Waals surface area contributed by atoms with Gasteiger partial charge in [-0.25, -0.2) is 0 Å². The van der Waals surface area contributed by atoms with Gasteiger partial charge in [0.25, 0.3) is 0 Å². The van der Waals surface area contributed by atoms with Crippen LogP contribution in [-0.2, 0) is 30.2 Å². The predicted molar refractivity (Wildman–Crippen MR) is 147 cm³/mol. The van der Waals surface area contributed by atoms with Gasteiger partial charge >= 0.3 is 233 Å². The summed E-state index contributed by atoms with van der Waals surface area (Å²) in [7, 11) is 0. The van der Waals surface area contributed by atoms with Crippen LogP contribution in [0.5, 0.6) is 11.5 Å². The number of hydrogen-bond donors (Lipinski definition) is 1. The van der Waals surface area contributed by atoms with Gasteiger partial charge in [-0.3, -0.25) is 0 Å². The second kappa shape index (κ2) is 17.8. The number of rotatable bonds is 17. The van der Waals surface area contributed by atoms with E-state index in [4.69, 9.17) is 23.7 Å². The first-order chi connectivity index (χ1) is 18.4. The Labute approximate surface area is 239 Å². The molecule has 2 unspecified atom stereocenters. The first-order valence-electron chi connectivity index (χ1n) is 13.5. The molecule has 0 aliphatic heterocycles. The predicted octanol–water partition coefficient (Wildman–Crippen LogP) is 5.49. The summed E-state index contributed by atoms with van der Waals surface area (Å²) >= 11 is 0.970. The average molecular weight is 615 g/mol. The molecule has 10 nitrogen and oxygen atoms in total. The molecule has 0 spiro atoms. The number of ether oxygens (including phenoxy) is 5. The fraction of sp³-hybridized carbons (Fsp3) is 0.643. The normalized spacial score (nSPS) is 13.9. The number of aliphatic carboxylic acids is 1. The van der Waals surface area contributed by atoms with E-state index in [-0.39, 0.29) is 49.4 Å². The van der Waals surface area contributed by atoms with Crippen molar-refractivity contribution in [2.45, 2.75) is 96.3 Å². The molecular weight excluding hydrogens is 571 g/mol. The molecule has 0 aromatic heterocycles. The van der Waals surface area contributed by atoms with Crippen molar-refractivity contribution >= 4 is 41.1 Å². The summed E-state index contributed by atoms with van der Waals surface area (Å²) in [5.74, 6) is -1.84. The number of hydrogen-bond acceptors (Lipinski definition) is 9. The van der Waals surface area contributed by atoms with Crippen LogP contribution in [0.25, 0.3) is 0 Å². The molecule has 0 aliphatic carbocycles. The van der Waals surface area contributed by atoms with Crippen LogP contribution in [0.3, 0.4) is 0 Å². The Morgan fingerprint density at radius 3 is 1.97 bits per heavy atom. The zero-order chi connectivity index (χ0) is 29.4. The Morgan fingerprint density at radius 1 is 0.897 bits per heavy atom. The van der Waals surface area contributed by atoms with Crippen LogP contribution in [0.2, 0.25) is 4.20 Å². The van der Waals surface area contributed by atoms with Gasteiger partial charge in [-0.2, -0.15) is 0 Å². The van der Waals surface area contributed by atoms with Crippen molar-refractivity contribution in [1.29, 1.82) is 0 Å². The first-order valence-corrected chi connectivity index (χ1v) is 14.7. The van der Waals surface area contributed by atoms with E-state index in [1.165, 1.54) is 12.1 Å². The summed E-state index contributed by atoms with van der Waals surface area (Å²) in [5, 5.41) is 10.1. The Hall–Kier alpha value is -2.74. The molecule has 0 heterocycles. The van der Waals surface area contributed by atoms with Crippen LogP contribution in [0.4, 0.5) is 9.59 Å². The number of benzene rings is 1. The molecule has 1 aromatic carbocycles. The summed E-state index contributed by atoms with van der Waals surface area (Å²) in [6.07, 6.45) is 2.10. The topological polar surface area (TPSA) is 135 Å². The Balaban J connectivity index is 3.12. The second-order valence-electron chi connectivity index (χ2n) is 9.67. The zero-order valence-corrected chi connectivity index (χ0v) is 26.1. The van der Waals surface area contributed by atoms with E-state index in [1.807, 2.05) is 20.8 Å². The van der Waals surface area contributed by atoms with Crippen molar-refractivity contribution in [3.63, 3.8) is 0 Å². The van der Waals surface area contributed by atoms with Crippen LogP contribution >= 0.6 is 0 Å². The molecule has 0 bridgehead atoms. The minimum atomic E-state index is -1.25. The molecule has 39 heavy (non-hydrogen) atoms. The van der Waals surface area contributed by atoms with Gasteiger partial charge in [-0.15, -0.1) is 0 Å². The van der Waals surface area contributed by atoms with Gasteiger partial charge in [0.2, 0.25) is 0 Å². The fourth-order valence-corrected chi connectivity index (χ4v) is 4.87. The van der Waals surface area contributed by atoms with Gasteiger partial charge < -0.3 is 0 Å². The summed E-state index contributed by atoms with van der Waals surface area (Å²) in [6.45, 7) is 9.69. The molecule has 1 N–H and O–H groups in total. The van der Waals surface area contributed by atoms with Crippen LogP contribution < -0.4 is 9.47 Å². The van der Waals surface area contributed by atoms with Crippen LogP contribution in [0.1, 0.15) is 85.1 Å². The van der Waals surface area contributed by atoms with E-state index in [1.54, 1.807) is 19.9 Å². The molecule has 0 saturated heterocycles. The summed E-state index contributed by atoms with van der Waals surface area (Å²) in [5.41, 5.74) is 0.516. The Kier molecular flexibility index (Phi) is 15.6. The molecule has 220 valence electrons. The van der Waals surface area contributed by atoms with Crippen molar-refractivity contribution in [3.8, 4) is 11.5 Å². The molecule has 0 saturated carbocycles. The molecule has 0 radical (unpaired) electrons. The monoisotopic (exact) mass is 614 g/mol. The summed E-state index contributed by atoms with van der Waals surface area (Å²) in [4.78, 5) is 49.0. The van der Waals surface area contributed by atoms with Gasteiger partial charge in [0.1, 0.15) is 0 Å². The number of carboxylic acids is 1. The zero-order valence-electron chi connectivity index (χ0n) is 23.7. The SMILES string of the molecule is CCCCOC(=O)Oc1ccc(C[C@]([AsH2])(C[C@H](C)OC(=O)C(C)CCC)C(=O)O)cc1OC(=O)OCCCC. The van der Waals surface area contributed by atoms with Gasteiger partial charge in [-0.1, -0.05) is 6.92 Å². The first kappa shape index (κ1) is 34.3. The van der Waals surface area contributed by atoms with Gasteiger partial charge in [0.05, 0.1) is 0 Å². The van der Waals surface area contributed by atoms with Crippen molar-refractivity contribution in [1.82, 2.24) is 0 Å². The molecule has 11 heteroatoms. The van der Waals surface area contributed by atoms with Crippen molar-refractivity contribution in [3.05, 3.63) is 23.8 Å². The third-order valence-corrected chi connectivity index (χ3v) is 7.31. The molecule has 1 aromatic rings. The molecule has 4 atom stereocenters. The van der Waals surface area contributed by atoms with E-state index >= 15 is 0 Å². The number of carbonyl (C=O) groups is 4. The second-order valence-corrected chi connectivity index (χ2v) is 12.0. The van der Waals surface area contributed by atoms with Crippen LogP contribution in [0, 0.1) is 5.92 Å². The minimum absolute atomic E-state index is 0.0528. The molecule has 0 fully saturated rings. The number of unbranched alkanes of at least 4 members (excludes halogenated alkanes) is 2. The molecule has 0 amide bonds. The van der Waals surface area contributed by atoms with Crippen LogP contribution in [-0.4, -0.2) is 65.5 Å². The molecule has 1 rings (SSSR count). The standard InChI is InChI=1S/C28H43AsO10/c1-6-9-14-35-26(33)38-22-13-12-21(16-23(22)39-27(34)36-15-10-7-2)18-28(29,25(31)32)17-20(5)37-24(30)19(4)11-8-3/h12-13,16,19-20H,6-11,14-15,17-18,29H2,1-5H3,(H,31,32)/t19?,20-,28+/m0/s1. The van der Waals surface area contributed by atoms with Crippen molar-refractivity contribution in [2.75, 3.05) is 13.2 Å². The van der Waals surface area contributed by atoms with Crippen molar-refractivity contribution in [2.24, 2.45) is 5.92 Å². The Bertz CT molecular complexity index is 950. The molecular formula is C28H43AsO10. The Morgan fingerprint density at radius 2 is 1.46 bits per heavy atom. The number of carboxylic acid groups (broad SMARTS) is 1.